The second-order valence-electron chi connectivity index (χ2n) is 6.22. The van der Waals surface area contributed by atoms with Gasteiger partial charge in [0.2, 0.25) is 0 Å². The molecule has 8 heteroatoms. The molecule has 1 N–H and O–H groups in total. The van der Waals surface area contributed by atoms with Gasteiger partial charge in [0.1, 0.15) is 10.8 Å². The minimum atomic E-state index is -0.584. The number of hydrogen-bond donors (Lipinski definition) is 1. The zero-order valence-electron chi connectivity index (χ0n) is 13.7. The summed E-state index contributed by atoms with van der Waals surface area (Å²) in [6.45, 7) is 0.580. The Balaban J connectivity index is 1.67. The highest BCUT2D eigenvalue weighted by atomic mass is 35.5. The summed E-state index contributed by atoms with van der Waals surface area (Å²) in [6.07, 6.45) is 1.64. The number of benzene rings is 2. The zero-order chi connectivity index (χ0) is 18.3. The molecule has 0 bridgehead atoms. The Hall–Kier alpha value is -2.93. The molecule has 0 aliphatic carbocycles. The first-order valence-electron chi connectivity index (χ1n) is 8.24. The van der Waals surface area contributed by atoms with Crippen molar-refractivity contribution >= 4 is 34.2 Å². The Kier molecular flexibility index (Phi) is 4.08. The van der Waals surface area contributed by atoms with Gasteiger partial charge >= 0.3 is 0 Å². The third kappa shape index (κ3) is 2.80. The van der Waals surface area contributed by atoms with Gasteiger partial charge in [-0.3, -0.25) is 14.9 Å². The SMILES string of the molecule is O=C(c1ccc(Cl)c([N+](=O)[O-])c1)N1CCC[C@@H]1c1nc2ccccc2[nH]1. The van der Waals surface area contributed by atoms with E-state index in [1.165, 1.54) is 18.2 Å². The van der Waals surface area contributed by atoms with E-state index in [4.69, 9.17) is 11.6 Å². The maximum absolute atomic E-state index is 13.0. The van der Waals surface area contributed by atoms with E-state index in [0.717, 1.165) is 29.7 Å². The summed E-state index contributed by atoms with van der Waals surface area (Å²) in [6, 6.07) is 11.7. The minimum absolute atomic E-state index is 0.0156. The summed E-state index contributed by atoms with van der Waals surface area (Å²) in [5.41, 5.74) is 1.76. The molecule has 1 fully saturated rings. The summed E-state index contributed by atoms with van der Waals surface area (Å²) in [7, 11) is 0. The molecule has 0 spiro atoms. The number of carbonyl (C=O) groups excluding carboxylic acids is 1. The number of para-hydroxylation sites is 2. The second kappa shape index (κ2) is 6.42. The van der Waals surface area contributed by atoms with E-state index in [1.54, 1.807) is 4.90 Å². The van der Waals surface area contributed by atoms with Crippen LogP contribution in [0.4, 0.5) is 5.69 Å². The Morgan fingerprint density at radius 1 is 1.31 bits per heavy atom. The number of imidazole rings is 1. The molecule has 1 aliphatic rings. The molecule has 1 saturated heterocycles. The number of aromatic nitrogens is 2. The average molecular weight is 371 g/mol. The van der Waals surface area contributed by atoms with Crippen molar-refractivity contribution in [2.24, 2.45) is 0 Å². The van der Waals surface area contributed by atoms with Crippen molar-refractivity contribution < 1.29 is 9.72 Å². The maximum atomic E-state index is 13.0. The smallest absolute Gasteiger partial charge is 0.288 e. The number of fused-ring (bicyclic) bond motifs is 1. The van der Waals surface area contributed by atoms with Crippen LogP contribution in [0.15, 0.2) is 42.5 Å². The van der Waals surface area contributed by atoms with Crippen LogP contribution in [-0.4, -0.2) is 32.2 Å². The van der Waals surface area contributed by atoms with Gasteiger partial charge < -0.3 is 9.88 Å². The molecule has 4 rings (SSSR count). The summed E-state index contributed by atoms with van der Waals surface area (Å²) >= 11 is 5.84. The van der Waals surface area contributed by atoms with Crippen molar-refractivity contribution in [3.63, 3.8) is 0 Å². The minimum Gasteiger partial charge on any atom is -0.340 e. The number of hydrogen-bond acceptors (Lipinski definition) is 4. The van der Waals surface area contributed by atoms with Crippen molar-refractivity contribution in [1.29, 1.82) is 0 Å². The fourth-order valence-electron chi connectivity index (χ4n) is 3.38. The molecule has 0 unspecified atom stereocenters. The van der Waals surface area contributed by atoms with Crippen LogP contribution in [-0.2, 0) is 0 Å². The van der Waals surface area contributed by atoms with Crippen LogP contribution in [0.2, 0.25) is 5.02 Å². The standard InChI is InChI=1S/C18H15ClN4O3/c19-12-8-7-11(10-16(12)23(25)26)18(24)22-9-3-6-15(22)17-20-13-4-1-2-5-14(13)21-17/h1-2,4-5,7-8,10,15H,3,6,9H2,(H,20,21)/t15-/m1/s1. The molecular formula is C18H15ClN4O3. The molecule has 1 aliphatic heterocycles. The van der Waals surface area contributed by atoms with Crippen LogP contribution in [0.1, 0.15) is 35.1 Å². The van der Waals surface area contributed by atoms with Gasteiger partial charge in [0, 0.05) is 18.2 Å². The van der Waals surface area contributed by atoms with Gasteiger partial charge in [-0.25, -0.2) is 4.98 Å². The number of aromatic amines is 1. The number of nitrogens with zero attached hydrogens (tertiary/aromatic N) is 3. The summed E-state index contributed by atoms with van der Waals surface area (Å²) in [5.74, 6) is 0.480. The largest absolute Gasteiger partial charge is 0.340 e. The fraction of sp³-hybridized carbons (Fsp3) is 0.222. The molecule has 1 amide bonds. The molecule has 2 heterocycles. The number of nitro benzene ring substituents is 1. The van der Waals surface area contributed by atoms with E-state index in [-0.39, 0.29) is 28.2 Å². The lowest BCUT2D eigenvalue weighted by molar-refractivity contribution is -0.384. The van der Waals surface area contributed by atoms with Crippen LogP contribution in [0.25, 0.3) is 11.0 Å². The lowest BCUT2D eigenvalue weighted by Gasteiger charge is -2.23. The first-order chi connectivity index (χ1) is 12.5. The van der Waals surface area contributed by atoms with Crippen molar-refractivity contribution in [3.05, 3.63) is 69.0 Å². The molecule has 1 aromatic heterocycles. The number of carbonyl (C=O) groups is 1. The molecular weight excluding hydrogens is 356 g/mol. The monoisotopic (exact) mass is 370 g/mol. The Morgan fingerprint density at radius 2 is 2.12 bits per heavy atom. The Labute approximate surface area is 153 Å². The highest BCUT2D eigenvalue weighted by molar-refractivity contribution is 6.32. The second-order valence-corrected chi connectivity index (χ2v) is 6.63. The number of nitrogens with one attached hydrogen (secondary N) is 1. The molecule has 0 saturated carbocycles. The first kappa shape index (κ1) is 16.5. The zero-order valence-corrected chi connectivity index (χ0v) is 14.4. The van der Waals surface area contributed by atoms with E-state index < -0.39 is 4.92 Å². The van der Waals surface area contributed by atoms with Crippen molar-refractivity contribution in [2.45, 2.75) is 18.9 Å². The average Bonchev–Trinajstić information content (AvgIpc) is 3.27. The number of amides is 1. The number of halogens is 1. The normalized spacial score (nSPS) is 17.0. The third-order valence-electron chi connectivity index (χ3n) is 4.63. The fourth-order valence-corrected chi connectivity index (χ4v) is 3.56. The third-order valence-corrected chi connectivity index (χ3v) is 4.95. The van der Waals surface area contributed by atoms with E-state index in [9.17, 15) is 14.9 Å². The lowest BCUT2D eigenvalue weighted by atomic mass is 10.1. The number of likely N-dealkylation sites (tertiary alicyclic amines) is 1. The summed E-state index contributed by atoms with van der Waals surface area (Å²) in [4.78, 5) is 33.0. The molecule has 7 nitrogen and oxygen atoms in total. The van der Waals surface area contributed by atoms with Gasteiger partial charge in [-0.15, -0.1) is 0 Å². The predicted octanol–water partition coefficient (Wildman–Crippen LogP) is 4.10. The van der Waals surface area contributed by atoms with Crippen LogP contribution in [0.5, 0.6) is 0 Å². The van der Waals surface area contributed by atoms with Gasteiger partial charge in [-0.2, -0.15) is 0 Å². The summed E-state index contributed by atoms with van der Waals surface area (Å²) in [5, 5.41) is 11.1. The van der Waals surface area contributed by atoms with Gasteiger partial charge in [0.25, 0.3) is 11.6 Å². The van der Waals surface area contributed by atoms with E-state index in [0.29, 0.717) is 6.54 Å². The predicted molar refractivity (Wildman–Crippen MR) is 97.2 cm³/mol. The summed E-state index contributed by atoms with van der Waals surface area (Å²) < 4.78 is 0. The Bertz CT molecular complexity index is 984. The van der Waals surface area contributed by atoms with Crippen molar-refractivity contribution in [1.82, 2.24) is 14.9 Å². The molecule has 26 heavy (non-hydrogen) atoms. The Morgan fingerprint density at radius 3 is 2.88 bits per heavy atom. The van der Waals surface area contributed by atoms with Crippen molar-refractivity contribution in [3.8, 4) is 0 Å². The number of H-pyrrole nitrogens is 1. The lowest BCUT2D eigenvalue weighted by Crippen LogP contribution is -2.31. The number of rotatable bonds is 3. The first-order valence-corrected chi connectivity index (χ1v) is 8.62. The van der Waals surface area contributed by atoms with Crippen LogP contribution < -0.4 is 0 Å². The molecule has 0 radical (unpaired) electrons. The molecule has 2 aromatic carbocycles. The molecule has 132 valence electrons. The van der Waals surface area contributed by atoms with Gasteiger partial charge in [-0.1, -0.05) is 23.7 Å². The highest BCUT2D eigenvalue weighted by Crippen LogP contribution is 2.34. The van der Waals surface area contributed by atoms with Gasteiger partial charge in [0.05, 0.1) is 22.0 Å². The van der Waals surface area contributed by atoms with Crippen LogP contribution in [0.3, 0.4) is 0 Å². The topological polar surface area (TPSA) is 92.1 Å². The van der Waals surface area contributed by atoms with E-state index >= 15 is 0 Å². The number of nitro groups is 1. The maximum Gasteiger partial charge on any atom is 0.288 e. The van der Waals surface area contributed by atoms with E-state index in [2.05, 4.69) is 9.97 Å². The van der Waals surface area contributed by atoms with Gasteiger partial charge in [0.15, 0.2) is 0 Å². The highest BCUT2D eigenvalue weighted by Gasteiger charge is 2.33. The van der Waals surface area contributed by atoms with Crippen LogP contribution >= 0.6 is 11.6 Å². The quantitative estimate of drug-likeness (QED) is 0.554. The van der Waals surface area contributed by atoms with Gasteiger partial charge in [-0.05, 0) is 37.1 Å². The van der Waals surface area contributed by atoms with Crippen molar-refractivity contribution in [2.75, 3.05) is 6.54 Å². The molecule has 3 aromatic rings. The molecule has 1 atom stereocenters. The van der Waals surface area contributed by atoms with Crippen LogP contribution in [0, 0.1) is 10.1 Å². The van der Waals surface area contributed by atoms with E-state index in [1.807, 2.05) is 24.3 Å².